The standard InChI is InChI=1S/C21H31N3O2/c1-5-8-10-17(7-3)20(25)24-19(18-13-11-16(4)12-14-18)22-21(23-24)26-15-9-6-2/h11-14,17H,5-10,15H2,1-4H3. The fourth-order valence-electron chi connectivity index (χ4n) is 2.83. The second kappa shape index (κ2) is 10.1. The predicted molar refractivity (Wildman–Crippen MR) is 105 cm³/mol. The summed E-state index contributed by atoms with van der Waals surface area (Å²) in [4.78, 5) is 17.6. The highest BCUT2D eigenvalue weighted by Gasteiger charge is 2.24. The number of carbonyl (C=O) groups is 1. The van der Waals surface area contributed by atoms with Crippen molar-refractivity contribution in [3.8, 4) is 17.4 Å². The zero-order valence-electron chi connectivity index (χ0n) is 16.5. The maximum absolute atomic E-state index is 13.1. The number of rotatable bonds is 10. The fraction of sp³-hybridized carbons (Fsp3) is 0.571. The van der Waals surface area contributed by atoms with E-state index in [1.54, 1.807) is 0 Å². The van der Waals surface area contributed by atoms with Gasteiger partial charge in [0.25, 0.3) is 5.91 Å². The summed E-state index contributed by atoms with van der Waals surface area (Å²) in [5.74, 6) is 0.537. The topological polar surface area (TPSA) is 57.0 Å². The molecule has 0 radical (unpaired) electrons. The van der Waals surface area contributed by atoms with Crippen molar-refractivity contribution in [2.75, 3.05) is 6.61 Å². The second-order valence-electron chi connectivity index (χ2n) is 6.78. The molecule has 1 aromatic heterocycles. The number of aromatic nitrogens is 3. The molecule has 0 aliphatic rings. The van der Waals surface area contributed by atoms with Crippen LogP contribution in [0, 0.1) is 12.8 Å². The molecule has 0 amide bonds. The monoisotopic (exact) mass is 357 g/mol. The molecule has 1 heterocycles. The highest BCUT2D eigenvalue weighted by Crippen LogP contribution is 2.24. The van der Waals surface area contributed by atoms with E-state index in [1.165, 1.54) is 10.2 Å². The van der Waals surface area contributed by atoms with Crippen molar-refractivity contribution >= 4 is 5.91 Å². The van der Waals surface area contributed by atoms with Gasteiger partial charge >= 0.3 is 6.01 Å². The lowest BCUT2D eigenvalue weighted by atomic mass is 9.98. The zero-order chi connectivity index (χ0) is 18.9. The Morgan fingerprint density at radius 1 is 1.12 bits per heavy atom. The van der Waals surface area contributed by atoms with E-state index >= 15 is 0 Å². The molecule has 0 saturated heterocycles. The van der Waals surface area contributed by atoms with Crippen molar-refractivity contribution < 1.29 is 9.53 Å². The summed E-state index contributed by atoms with van der Waals surface area (Å²) in [6, 6.07) is 8.28. The Morgan fingerprint density at radius 3 is 2.42 bits per heavy atom. The highest BCUT2D eigenvalue weighted by atomic mass is 16.5. The summed E-state index contributed by atoms with van der Waals surface area (Å²) in [6.07, 6.45) is 5.79. The number of nitrogens with zero attached hydrogens (tertiary/aromatic N) is 3. The first-order chi connectivity index (χ1) is 12.6. The van der Waals surface area contributed by atoms with Gasteiger partial charge in [0, 0.05) is 11.5 Å². The van der Waals surface area contributed by atoms with E-state index in [-0.39, 0.29) is 17.8 Å². The van der Waals surface area contributed by atoms with Crippen LogP contribution in [0.15, 0.2) is 24.3 Å². The number of hydrogen-bond donors (Lipinski definition) is 0. The van der Waals surface area contributed by atoms with Gasteiger partial charge in [-0.3, -0.25) is 4.79 Å². The zero-order valence-corrected chi connectivity index (χ0v) is 16.5. The molecule has 0 aliphatic heterocycles. The average molecular weight is 357 g/mol. The van der Waals surface area contributed by atoms with E-state index in [9.17, 15) is 4.79 Å². The SMILES string of the molecule is CCCCOc1nc(-c2ccc(C)cc2)n(C(=O)C(CC)CCCC)n1. The van der Waals surface area contributed by atoms with Gasteiger partial charge in [-0.1, -0.05) is 69.9 Å². The van der Waals surface area contributed by atoms with E-state index in [4.69, 9.17) is 4.74 Å². The summed E-state index contributed by atoms with van der Waals surface area (Å²) in [5, 5.41) is 4.39. The van der Waals surface area contributed by atoms with Crippen molar-refractivity contribution in [3.05, 3.63) is 29.8 Å². The summed E-state index contributed by atoms with van der Waals surface area (Å²) in [7, 11) is 0. The van der Waals surface area contributed by atoms with Crippen LogP contribution < -0.4 is 4.74 Å². The predicted octanol–water partition coefficient (Wildman–Crippen LogP) is 5.29. The third-order valence-electron chi connectivity index (χ3n) is 4.58. The maximum Gasteiger partial charge on any atom is 0.336 e. The first-order valence-electron chi connectivity index (χ1n) is 9.81. The fourth-order valence-corrected chi connectivity index (χ4v) is 2.83. The van der Waals surface area contributed by atoms with Crippen LogP contribution in [0.3, 0.4) is 0 Å². The van der Waals surface area contributed by atoms with Crippen LogP contribution in [0.25, 0.3) is 11.4 Å². The summed E-state index contributed by atoms with van der Waals surface area (Å²) >= 11 is 0. The molecule has 0 N–H and O–H groups in total. The normalized spacial score (nSPS) is 12.2. The number of hydrogen-bond acceptors (Lipinski definition) is 4. The summed E-state index contributed by atoms with van der Waals surface area (Å²) < 4.78 is 7.12. The molecule has 0 bridgehead atoms. The van der Waals surface area contributed by atoms with Crippen LogP contribution in [0.4, 0.5) is 0 Å². The Morgan fingerprint density at radius 2 is 1.81 bits per heavy atom. The van der Waals surface area contributed by atoms with Crippen LogP contribution in [0.2, 0.25) is 0 Å². The molecule has 1 atom stereocenters. The summed E-state index contributed by atoms with van der Waals surface area (Å²) in [5.41, 5.74) is 2.05. The van der Waals surface area contributed by atoms with Gasteiger partial charge in [0.05, 0.1) is 6.61 Å². The minimum atomic E-state index is -0.0376. The number of aryl methyl sites for hydroxylation is 1. The van der Waals surface area contributed by atoms with Crippen molar-refractivity contribution in [3.63, 3.8) is 0 Å². The van der Waals surface area contributed by atoms with E-state index in [2.05, 4.69) is 30.9 Å². The molecule has 0 aliphatic carbocycles. The number of unbranched alkanes of at least 4 members (excludes halogenated alkanes) is 2. The van der Waals surface area contributed by atoms with Gasteiger partial charge in [0.15, 0.2) is 5.82 Å². The lowest BCUT2D eigenvalue weighted by molar-refractivity contribution is 0.0804. The van der Waals surface area contributed by atoms with E-state index in [1.807, 2.05) is 31.2 Å². The lowest BCUT2D eigenvalue weighted by Crippen LogP contribution is -2.23. The van der Waals surface area contributed by atoms with Crippen molar-refractivity contribution in [1.82, 2.24) is 14.8 Å². The Hall–Kier alpha value is -2.17. The molecule has 2 aromatic rings. The smallest absolute Gasteiger partial charge is 0.336 e. The number of ether oxygens (including phenoxy) is 1. The van der Waals surface area contributed by atoms with Crippen LogP contribution in [0.1, 0.15) is 69.7 Å². The quantitative estimate of drug-likeness (QED) is 0.542. The Labute approximate surface area is 156 Å². The molecule has 26 heavy (non-hydrogen) atoms. The van der Waals surface area contributed by atoms with Crippen LogP contribution in [-0.2, 0) is 0 Å². The van der Waals surface area contributed by atoms with Crippen molar-refractivity contribution in [2.24, 2.45) is 5.92 Å². The number of carbonyl (C=O) groups excluding carboxylic acids is 1. The minimum Gasteiger partial charge on any atom is -0.462 e. The van der Waals surface area contributed by atoms with Crippen molar-refractivity contribution in [2.45, 2.75) is 66.2 Å². The van der Waals surface area contributed by atoms with Crippen LogP contribution >= 0.6 is 0 Å². The molecule has 0 spiro atoms. The molecule has 1 aromatic carbocycles. The first kappa shape index (κ1) is 20.1. The van der Waals surface area contributed by atoms with E-state index in [0.717, 1.165) is 44.1 Å². The number of benzene rings is 1. The Kier molecular flexibility index (Phi) is 7.82. The van der Waals surface area contributed by atoms with Gasteiger partial charge in [0.2, 0.25) is 0 Å². The molecule has 1 unspecified atom stereocenters. The highest BCUT2D eigenvalue weighted by molar-refractivity contribution is 5.84. The second-order valence-corrected chi connectivity index (χ2v) is 6.78. The van der Waals surface area contributed by atoms with E-state index < -0.39 is 0 Å². The third kappa shape index (κ3) is 5.16. The first-order valence-corrected chi connectivity index (χ1v) is 9.81. The molecule has 0 saturated carbocycles. The third-order valence-corrected chi connectivity index (χ3v) is 4.58. The summed E-state index contributed by atoms with van der Waals surface area (Å²) in [6.45, 7) is 8.91. The van der Waals surface area contributed by atoms with Gasteiger partial charge in [-0.2, -0.15) is 9.67 Å². The molecule has 142 valence electrons. The van der Waals surface area contributed by atoms with Gasteiger partial charge in [-0.25, -0.2) is 0 Å². The van der Waals surface area contributed by atoms with Crippen LogP contribution in [-0.4, -0.2) is 27.3 Å². The molecule has 0 fully saturated rings. The average Bonchev–Trinajstić information content (AvgIpc) is 3.07. The van der Waals surface area contributed by atoms with Gasteiger partial charge in [-0.05, 0) is 26.2 Å². The molecular weight excluding hydrogens is 326 g/mol. The lowest BCUT2D eigenvalue weighted by Gasteiger charge is -2.14. The largest absolute Gasteiger partial charge is 0.462 e. The van der Waals surface area contributed by atoms with Crippen LogP contribution in [0.5, 0.6) is 6.01 Å². The van der Waals surface area contributed by atoms with Gasteiger partial charge < -0.3 is 4.74 Å². The Bertz CT molecular complexity index is 692. The van der Waals surface area contributed by atoms with E-state index in [0.29, 0.717) is 12.4 Å². The molecule has 2 rings (SSSR count). The molecular formula is C21H31N3O2. The van der Waals surface area contributed by atoms with Gasteiger partial charge in [0.1, 0.15) is 0 Å². The molecule has 5 nitrogen and oxygen atoms in total. The minimum absolute atomic E-state index is 0.00867. The van der Waals surface area contributed by atoms with Gasteiger partial charge in [-0.15, -0.1) is 5.10 Å². The molecule has 5 heteroatoms. The maximum atomic E-state index is 13.1. The Balaban J connectivity index is 2.34. The van der Waals surface area contributed by atoms with Crippen molar-refractivity contribution in [1.29, 1.82) is 0 Å².